The molecule has 2 aromatic rings. The zero-order valence-electron chi connectivity index (χ0n) is 14.2. The normalized spacial score (nSPS) is 26.0. The number of carbonyl (C=O) groups is 2. The molecule has 0 aliphatic carbocycles. The summed E-state index contributed by atoms with van der Waals surface area (Å²) in [5, 5.41) is 13.4. The molecule has 1 unspecified atom stereocenters. The third-order valence-corrected chi connectivity index (χ3v) is 5.66. The van der Waals surface area contributed by atoms with Gasteiger partial charge in [0.1, 0.15) is 11.6 Å². The lowest BCUT2D eigenvalue weighted by Gasteiger charge is -2.28. The number of hydrogen-bond donors (Lipinski definition) is 2. The monoisotopic (exact) mass is 372 g/mol. The molecule has 4 rings (SSSR count). The highest BCUT2D eigenvalue weighted by atomic mass is 32.1. The van der Waals surface area contributed by atoms with E-state index in [-0.39, 0.29) is 30.1 Å². The van der Waals surface area contributed by atoms with Crippen molar-refractivity contribution in [2.24, 2.45) is 5.92 Å². The second-order valence-corrected chi connectivity index (χ2v) is 7.35. The van der Waals surface area contributed by atoms with Crippen molar-refractivity contribution in [2.75, 3.05) is 19.7 Å². The van der Waals surface area contributed by atoms with Crippen molar-refractivity contribution in [3.63, 3.8) is 0 Å². The minimum Gasteiger partial charge on any atom is -0.453 e. The number of nitrogens with one attached hydrogen (secondary N) is 1. The number of Topliss-reactive ketones (excluding diaryl/α,β-unsaturated/α-hetero) is 1. The maximum absolute atomic E-state index is 13.1. The molecule has 1 amide bonds. The number of aliphatic hydroxyl groups is 1. The van der Waals surface area contributed by atoms with E-state index in [1.165, 1.54) is 0 Å². The highest BCUT2D eigenvalue weighted by molar-refractivity contribution is 7.80. The van der Waals surface area contributed by atoms with Crippen LogP contribution in [0.2, 0.25) is 0 Å². The lowest BCUT2D eigenvalue weighted by atomic mass is 9.92. The lowest BCUT2D eigenvalue weighted by molar-refractivity contribution is -0.135. The summed E-state index contributed by atoms with van der Waals surface area (Å²) < 4.78 is 5.68. The van der Waals surface area contributed by atoms with Crippen molar-refractivity contribution in [3.05, 3.63) is 36.1 Å². The van der Waals surface area contributed by atoms with Gasteiger partial charge in [-0.25, -0.2) is 0 Å². The number of amides is 1. The molecule has 0 bridgehead atoms. The molecule has 26 heavy (non-hydrogen) atoms. The molecule has 1 aromatic heterocycles. The molecule has 0 spiro atoms. The van der Waals surface area contributed by atoms with Gasteiger partial charge >= 0.3 is 0 Å². The summed E-state index contributed by atoms with van der Waals surface area (Å²) in [5.41, 5.74) is 0.635. The number of hydrogen-bond acceptors (Lipinski definition) is 6. The number of fused-ring (bicyclic) bond motifs is 1. The Balaban J connectivity index is 1.61. The molecule has 2 saturated heterocycles. The molecule has 0 saturated carbocycles. The van der Waals surface area contributed by atoms with E-state index in [0.29, 0.717) is 23.5 Å². The van der Waals surface area contributed by atoms with Gasteiger partial charge in [0.05, 0.1) is 18.6 Å². The van der Waals surface area contributed by atoms with Gasteiger partial charge in [-0.3, -0.25) is 9.59 Å². The molecule has 6 nitrogen and oxygen atoms in total. The molecule has 2 aliphatic rings. The van der Waals surface area contributed by atoms with E-state index in [1.54, 1.807) is 17.0 Å². The Bertz CT molecular complexity index is 844. The second kappa shape index (κ2) is 6.90. The number of nitrogens with zero attached hydrogens (tertiary/aromatic N) is 1. The van der Waals surface area contributed by atoms with Gasteiger partial charge in [0.2, 0.25) is 11.7 Å². The van der Waals surface area contributed by atoms with E-state index in [4.69, 9.17) is 16.6 Å². The number of furan rings is 1. The standard InChI is InChI=1S/C19H20N2O4S/c22-10-12-5-3-7-21(12)19(24)17-16(15(26)9-20-17)18(23)14-8-11-4-1-2-6-13(11)25-14/h1-2,4,6,8,12,16-17,20,22H,3,5,7,9-10H2/t12-,16?,17-/m0/s1. The van der Waals surface area contributed by atoms with Gasteiger partial charge in [-0.1, -0.05) is 30.4 Å². The molecule has 3 atom stereocenters. The molecule has 2 fully saturated rings. The van der Waals surface area contributed by atoms with Crippen LogP contribution in [0.25, 0.3) is 11.0 Å². The van der Waals surface area contributed by atoms with Crippen molar-refractivity contribution >= 4 is 39.7 Å². The summed E-state index contributed by atoms with van der Waals surface area (Å²) in [4.78, 5) is 28.3. The predicted molar refractivity (Wildman–Crippen MR) is 100 cm³/mol. The van der Waals surface area contributed by atoms with E-state index < -0.39 is 12.0 Å². The van der Waals surface area contributed by atoms with Crippen LogP contribution in [-0.2, 0) is 4.79 Å². The Labute approximate surface area is 156 Å². The average molecular weight is 372 g/mol. The summed E-state index contributed by atoms with van der Waals surface area (Å²) in [5.74, 6) is -0.941. The van der Waals surface area contributed by atoms with Crippen molar-refractivity contribution in [2.45, 2.75) is 24.9 Å². The van der Waals surface area contributed by atoms with E-state index in [9.17, 15) is 14.7 Å². The van der Waals surface area contributed by atoms with Gasteiger partial charge in [0.25, 0.3) is 0 Å². The Morgan fingerprint density at radius 1 is 1.35 bits per heavy atom. The second-order valence-electron chi connectivity index (χ2n) is 6.83. The van der Waals surface area contributed by atoms with Crippen molar-refractivity contribution in [3.8, 4) is 0 Å². The molecule has 3 heterocycles. The summed E-state index contributed by atoms with van der Waals surface area (Å²) in [6, 6.07) is 8.22. The van der Waals surface area contributed by atoms with Gasteiger partial charge in [-0.15, -0.1) is 0 Å². The highest BCUT2D eigenvalue weighted by Crippen LogP contribution is 2.27. The van der Waals surface area contributed by atoms with Gasteiger partial charge in [0.15, 0.2) is 5.76 Å². The molecular formula is C19H20N2O4S. The van der Waals surface area contributed by atoms with Crippen LogP contribution in [0.15, 0.2) is 34.7 Å². The van der Waals surface area contributed by atoms with Gasteiger partial charge < -0.3 is 19.7 Å². The maximum atomic E-state index is 13.1. The molecular weight excluding hydrogens is 352 g/mol. The van der Waals surface area contributed by atoms with E-state index >= 15 is 0 Å². The SMILES string of the molecule is O=C(c1cc2ccccc2o1)C1C(=S)CN[C@@H]1C(=O)N1CCC[C@H]1CO. The highest BCUT2D eigenvalue weighted by Gasteiger charge is 2.45. The van der Waals surface area contributed by atoms with Crippen LogP contribution in [-0.4, -0.2) is 58.3 Å². The lowest BCUT2D eigenvalue weighted by Crippen LogP contribution is -2.50. The third-order valence-electron chi connectivity index (χ3n) is 5.26. The van der Waals surface area contributed by atoms with Gasteiger partial charge in [-0.05, 0) is 25.0 Å². The fourth-order valence-electron chi connectivity index (χ4n) is 3.90. The van der Waals surface area contributed by atoms with Gasteiger partial charge in [0, 0.05) is 23.3 Å². The zero-order chi connectivity index (χ0) is 18.3. The molecule has 136 valence electrons. The Morgan fingerprint density at radius 2 is 2.15 bits per heavy atom. The summed E-state index contributed by atoms with van der Waals surface area (Å²) in [6.45, 7) is 0.881. The van der Waals surface area contributed by atoms with E-state index in [0.717, 1.165) is 18.2 Å². The van der Waals surface area contributed by atoms with E-state index in [1.807, 2.05) is 18.2 Å². The Kier molecular flexibility index (Phi) is 4.60. The fourth-order valence-corrected chi connectivity index (χ4v) is 4.23. The maximum Gasteiger partial charge on any atom is 0.241 e. The fraction of sp³-hybridized carbons (Fsp3) is 0.421. The zero-order valence-corrected chi connectivity index (χ0v) is 15.0. The van der Waals surface area contributed by atoms with Crippen LogP contribution in [0.3, 0.4) is 0 Å². The van der Waals surface area contributed by atoms with Crippen LogP contribution in [0, 0.1) is 5.92 Å². The topological polar surface area (TPSA) is 82.8 Å². The van der Waals surface area contributed by atoms with Crippen LogP contribution in [0.4, 0.5) is 0 Å². The van der Waals surface area contributed by atoms with Crippen LogP contribution >= 0.6 is 12.2 Å². The first-order valence-electron chi connectivity index (χ1n) is 8.80. The largest absolute Gasteiger partial charge is 0.453 e. The third kappa shape index (κ3) is 2.86. The molecule has 2 aliphatic heterocycles. The number of carbonyl (C=O) groups excluding carboxylic acids is 2. The summed E-state index contributed by atoms with van der Waals surface area (Å²) in [7, 11) is 0. The quantitative estimate of drug-likeness (QED) is 0.626. The number of rotatable bonds is 4. The molecule has 1 aromatic carbocycles. The smallest absolute Gasteiger partial charge is 0.241 e. The van der Waals surface area contributed by atoms with Crippen LogP contribution < -0.4 is 5.32 Å². The minimum atomic E-state index is -0.724. The average Bonchev–Trinajstić information content (AvgIpc) is 3.37. The number of likely N-dealkylation sites (tertiary alicyclic amines) is 1. The number of para-hydroxylation sites is 1. The summed E-state index contributed by atoms with van der Waals surface area (Å²) >= 11 is 5.38. The van der Waals surface area contributed by atoms with Gasteiger partial charge in [-0.2, -0.15) is 0 Å². The molecule has 7 heteroatoms. The van der Waals surface area contributed by atoms with Crippen molar-refractivity contribution in [1.82, 2.24) is 10.2 Å². The van der Waals surface area contributed by atoms with Crippen molar-refractivity contribution < 1.29 is 19.1 Å². The summed E-state index contributed by atoms with van der Waals surface area (Å²) in [6.07, 6.45) is 1.64. The van der Waals surface area contributed by atoms with Crippen LogP contribution in [0.1, 0.15) is 23.4 Å². The molecule has 0 radical (unpaired) electrons. The number of benzene rings is 1. The predicted octanol–water partition coefficient (Wildman–Crippen LogP) is 1.56. The first-order chi connectivity index (χ1) is 12.6. The number of thiocarbonyl (C=S) groups is 1. The Hall–Kier alpha value is -2.09. The number of ketones is 1. The number of aliphatic hydroxyl groups excluding tert-OH is 1. The Morgan fingerprint density at radius 3 is 2.92 bits per heavy atom. The first-order valence-corrected chi connectivity index (χ1v) is 9.21. The van der Waals surface area contributed by atoms with Crippen LogP contribution in [0.5, 0.6) is 0 Å². The molecule has 2 N–H and O–H groups in total. The first kappa shape index (κ1) is 17.3. The van der Waals surface area contributed by atoms with Crippen molar-refractivity contribution in [1.29, 1.82) is 0 Å². The van der Waals surface area contributed by atoms with E-state index in [2.05, 4.69) is 5.32 Å². The minimum absolute atomic E-state index is 0.0644.